The molecule has 0 fully saturated rings. The fraction of sp³-hybridized carbons (Fsp3) is 0.0714. The van der Waals surface area contributed by atoms with Crippen LogP contribution in [0.1, 0.15) is 0 Å². The van der Waals surface area contributed by atoms with Gasteiger partial charge in [-0.05, 0) is 18.2 Å². The molecule has 0 unspecified atom stereocenters. The third kappa shape index (κ3) is 3.86. The monoisotopic (exact) mass is 411 g/mol. The van der Waals surface area contributed by atoms with Crippen LogP contribution in [-0.4, -0.2) is 21.6 Å². The zero-order valence-electron chi connectivity index (χ0n) is 13.2. The average Bonchev–Trinajstić information content (AvgIpc) is 2.57. The standard InChI is InChI=1S/C14H10F5N3O4S/c1-26-7-3-2-5(4-6(7)21-14(20)23)22-27(24,25)13-11(18)9(16)8(15)10(17)12(13)19/h2-4,22H,1H3,(H3,20,21,23). The van der Waals surface area contributed by atoms with Crippen LogP contribution >= 0.6 is 0 Å². The summed E-state index contributed by atoms with van der Waals surface area (Å²) in [4.78, 5) is 8.89. The van der Waals surface area contributed by atoms with Gasteiger partial charge in [0, 0.05) is 0 Å². The number of ether oxygens (including phenoxy) is 1. The van der Waals surface area contributed by atoms with E-state index in [0.29, 0.717) is 0 Å². The number of primary amides is 1. The van der Waals surface area contributed by atoms with Crippen molar-refractivity contribution in [3.63, 3.8) is 0 Å². The lowest BCUT2D eigenvalue weighted by atomic mass is 10.2. The number of amides is 2. The Hall–Kier alpha value is -3.09. The fourth-order valence-corrected chi connectivity index (χ4v) is 3.22. The highest BCUT2D eigenvalue weighted by molar-refractivity contribution is 7.92. The largest absolute Gasteiger partial charge is 0.495 e. The molecule has 0 aliphatic carbocycles. The minimum absolute atomic E-state index is 0.0491. The van der Waals surface area contributed by atoms with Crippen molar-refractivity contribution in [3.05, 3.63) is 47.3 Å². The number of hydrogen-bond acceptors (Lipinski definition) is 4. The Balaban J connectivity index is 2.54. The normalized spacial score (nSPS) is 11.2. The number of sulfonamides is 1. The maximum Gasteiger partial charge on any atom is 0.316 e. The van der Waals surface area contributed by atoms with E-state index < -0.39 is 50.0 Å². The summed E-state index contributed by atoms with van der Waals surface area (Å²) in [7, 11) is -4.01. The number of halogens is 5. The molecule has 0 heterocycles. The number of carbonyl (C=O) groups excluding carboxylic acids is 1. The second-order valence-corrected chi connectivity index (χ2v) is 6.53. The molecule has 0 aromatic heterocycles. The van der Waals surface area contributed by atoms with Gasteiger partial charge in [0.2, 0.25) is 5.82 Å². The Morgan fingerprint density at radius 3 is 2.00 bits per heavy atom. The van der Waals surface area contributed by atoms with Crippen LogP contribution < -0.4 is 20.5 Å². The van der Waals surface area contributed by atoms with Gasteiger partial charge in [0.25, 0.3) is 10.0 Å². The first-order chi connectivity index (χ1) is 12.5. The zero-order valence-corrected chi connectivity index (χ0v) is 14.1. The maximum atomic E-state index is 13.7. The van der Waals surface area contributed by atoms with Crippen LogP contribution in [0.25, 0.3) is 0 Å². The zero-order chi connectivity index (χ0) is 20.5. The smallest absolute Gasteiger partial charge is 0.316 e. The first-order valence-electron chi connectivity index (χ1n) is 6.78. The van der Waals surface area contributed by atoms with E-state index in [1.807, 2.05) is 0 Å². The number of rotatable bonds is 5. The lowest BCUT2D eigenvalue weighted by Gasteiger charge is -2.14. The Morgan fingerprint density at radius 2 is 1.52 bits per heavy atom. The van der Waals surface area contributed by atoms with E-state index >= 15 is 0 Å². The van der Waals surface area contributed by atoms with E-state index in [4.69, 9.17) is 10.5 Å². The van der Waals surface area contributed by atoms with Gasteiger partial charge in [0.15, 0.2) is 28.2 Å². The minimum Gasteiger partial charge on any atom is -0.495 e. The topological polar surface area (TPSA) is 111 Å². The second kappa shape index (κ2) is 7.26. The van der Waals surface area contributed by atoms with Crippen molar-refractivity contribution >= 4 is 27.4 Å². The molecule has 0 aliphatic rings. The third-order valence-corrected chi connectivity index (χ3v) is 4.55. The van der Waals surface area contributed by atoms with Crippen molar-refractivity contribution in [2.45, 2.75) is 4.90 Å². The van der Waals surface area contributed by atoms with Crippen molar-refractivity contribution < 1.29 is 39.9 Å². The van der Waals surface area contributed by atoms with E-state index in [2.05, 4.69) is 5.32 Å². The van der Waals surface area contributed by atoms with E-state index in [-0.39, 0.29) is 17.1 Å². The number of benzene rings is 2. The molecule has 13 heteroatoms. The summed E-state index contributed by atoms with van der Waals surface area (Å²) < 4.78 is 97.9. The van der Waals surface area contributed by atoms with Crippen molar-refractivity contribution in [1.82, 2.24) is 0 Å². The summed E-state index contributed by atoms with van der Waals surface area (Å²) in [5.74, 6) is -12.3. The highest BCUT2D eigenvalue weighted by Crippen LogP contribution is 2.31. The molecule has 0 spiro atoms. The lowest BCUT2D eigenvalue weighted by molar-refractivity contribution is 0.259. The quantitative estimate of drug-likeness (QED) is 0.399. The number of hydrogen-bond donors (Lipinski definition) is 3. The number of urea groups is 1. The van der Waals surface area contributed by atoms with Crippen molar-refractivity contribution in [2.24, 2.45) is 5.73 Å². The van der Waals surface area contributed by atoms with E-state index in [9.17, 15) is 35.2 Å². The van der Waals surface area contributed by atoms with Gasteiger partial charge in [0.1, 0.15) is 5.75 Å². The molecule has 2 amide bonds. The molecule has 0 aliphatic heterocycles. The summed E-state index contributed by atoms with van der Waals surface area (Å²) >= 11 is 0. The fourth-order valence-electron chi connectivity index (χ4n) is 2.03. The Labute approximate surface area is 149 Å². The van der Waals surface area contributed by atoms with Crippen molar-refractivity contribution in [3.8, 4) is 5.75 Å². The predicted molar refractivity (Wildman–Crippen MR) is 83.2 cm³/mol. The van der Waals surface area contributed by atoms with Crippen LogP contribution in [-0.2, 0) is 10.0 Å². The van der Waals surface area contributed by atoms with Gasteiger partial charge in [-0.15, -0.1) is 0 Å². The Morgan fingerprint density at radius 1 is 1.00 bits per heavy atom. The van der Waals surface area contributed by atoms with Crippen LogP contribution in [0.2, 0.25) is 0 Å². The van der Waals surface area contributed by atoms with Gasteiger partial charge in [-0.1, -0.05) is 0 Å². The van der Waals surface area contributed by atoms with Crippen LogP contribution in [0, 0.1) is 29.1 Å². The summed E-state index contributed by atoms with van der Waals surface area (Å²) in [6.07, 6.45) is 0. The summed E-state index contributed by atoms with van der Waals surface area (Å²) in [5, 5.41) is 2.10. The molecule has 7 nitrogen and oxygen atoms in total. The van der Waals surface area contributed by atoms with Gasteiger partial charge in [-0.3, -0.25) is 4.72 Å². The number of nitrogens with one attached hydrogen (secondary N) is 2. The molecule has 0 radical (unpaired) electrons. The van der Waals surface area contributed by atoms with Crippen molar-refractivity contribution in [1.29, 1.82) is 0 Å². The predicted octanol–water partition coefficient (Wildman–Crippen LogP) is 2.68. The molecule has 0 atom stereocenters. The molecule has 146 valence electrons. The van der Waals surface area contributed by atoms with Crippen molar-refractivity contribution in [2.75, 3.05) is 17.1 Å². The molecule has 0 saturated heterocycles. The molecule has 2 aromatic rings. The molecule has 4 N–H and O–H groups in total. The first-order valence-corrected chi connectivity index (χ1v) is 8.26. The number of carbonyl (C=O) groups is 1. The summed E-state index contributed by atoms with van der Waals surface area (Å²) in [6, 6.07) is 2.12. The van der Waals surface area contributed by atoms with Crippen LogP contribution in [0.5, 0.6) is 5.75 Å². The van der Waals surface area contributed by atoms with E-state index in [1.54, 1.807) is 4.72 Å². The van der Waals surface area contributed by atoms with Gasteiger partial charge in [-0.2, -0.15) is 0 Å². The molecule has 2 aromatic carbocycles. The molecule has 0 saturated carbocycles. The summed E-state index contributed by atoms with van der Waals surface area (Å²) in [6.45, 7) is 0. The Kier molecular flexibility index (Phi) is 5.44. The highest BCUT2D eigenvalue weighted by Gasteiger charge is 2.33. The van der Waals surface area contributed by atoms with Crippen LogP contribution in [0.4, 0.5) is 38.1 Å². The minimum atomic E-state index is -5.23. The van der Waals surface area contributed by atoms with Gasteiger partial charge < -0.3 is 15.8 Å². The van der Waals surface area contributed by atoms with Gasteiger partial charge in [0.05, 0.1) is 18.5 Å². The SMILES string of the molecule is COc1ccc(NS(=O)(=O)c2c(F)c(F)c(F)c(F)c2F)cc1NC(N)=O. The van der Waals surface area contributed by atoms with Crippen LogP contribution in [0.15, 0.2) is 23.1 Å². The number of methoxy groups -OCH3 is 1. The summed E-state index contributed by atoms with van der Waals surface area (Å²) in [5.41, 5.74) is 4.43. The van der Waals surface area contributed by atoms with E-state index in [0.717, 1.165) is 18.2 Å². The molecule has 2 rings (SSSR count). The van der Waals surface area contributed by atoms with E-state index in [1.165, 1.54) is 7.11 Å². The number of nitrogens with two attached hydrogens (primary N) is 1. The molecule has 0 bridgehead atoms. The van der Waals surface area contributed by atoms with Crippen LogP contribution in [0.3, 0.4) is 0 Å². The molecular weight excluding hydrogens is 401 g/mol. The average molecular weight is 411 g/mol. The van der Waals surface area contributed by atoms with Gasteiger partial charge >= 0.3 is 6.03 Å². The first kappa shape index (κ1) is 20.2. The highest BCUT2D eigenvalue weighted by atomic mass is 32.2. The molecular formula is C14H10F5N3O4S. The second-order valence-electron chi connectivity index (χ2n) is 4.91. The Bertz CT molecular complexity index is 1000. The maximum absolute atomic E-state index is 13.7. The van der Waals surface area contributed by atoms with Gasteiger partial charge in [-0.25, -0.2) is 35.2 Å². The number of anilines is 2. The lowest BCUT2D eigenvalue weighted by Crippen LogP contribution is -2.21. The third-order valence-electron chi connectivity index (χ3n) is 3.15. The molecule has 27 heavy (non-hydrogen) atoms.